The smallest absolute Gasteiger partial charge is 0.0330 e. The maximum absolute atomic E-state index is 5.59. The highest BCUT2D eigenvalue weighted by molar-refractivity contribution is 5.44. The van der Waals surface area contributed by atoms with Gasteiger partial charge in [0.1, 0.15) is 0 Å². The summed E-state index contributed by atoms with van der Waals surface area (Å²) >= 11 is 0. The fraction of sp³-hybridized carbons (Fsp3) is 0.667. The predicted molar refractivity (Wildman–Crippen MR) is 28.7 cm³/mol. The van der Waals surface area contributed by atoms with Crippen LogP contribution < -0.4 is 5.73 Å². The monoisotopic (exact) mass is 95.1 g/mol. The molecular formula is C6H9N. The van der Waals surface area contributed by atoms with Crippen molar-refractivity contribution in [2.45, 2.75) is 13.0 Å². The topological polar surface area (TPSA) is 26.0 Å². The molecule has 2 N–H and O–H groups in total. The third-order valence-electron chi connectivity index (χ3n) is 2.07. The first-order chi connectivity index (χ1) is 3.30. The van der Waals surface area contributed by atoms with E-state index in [9.17, 15) is 0 Å². The lowest BCUT2D eigenvalue weighted by atomic mass is 9.98. The zero-order valence-electron chi connectivity index (χ0n) is 4.39. The SMILES string of the molecule is C[C@H]1C=C2C(N)C21. The quantitative estimate of drug-likeness (QED) is 0.436. The van der Waals surface area contributed by atoms with Crippen LogP contribution in [0.5, 0.6) is 0 Å². The lowest BCUT2D eigenvalue weighted by molar-refractivity contribution is 0.590. The van der Waals surface area contributed by atoms with Crippen molar-refractivity contribution in [1.29, 1.82) is 0 Å². The Kier molecular flexibility index (Phi) is 0.409. The Morgan fingerprint density at radius 1 is 1.71 bits per heavy atom. The average Bonchev–Trinajstić information content (AvgIpc) is 2.07. The third-order valence-corrected chi connectivity index (χ3v) is 2.07. The summed E-state index contributed by atoms with van der Waals surface area (Å²) in [5, 5.41) is 0. The van der Waals surface area contributed by atoms with Gasteiger partial charge in [-0.2, -0.15) is 0 Å². The molecule has 38 valence electrons. The fourth-order valence-corrected chi connectivity index (χ4v) is 1.47. The lowest BCUT2D eigenvalue weighted by Gasteiger charge is -2.07. The van der Waals surface area contributed by atoms with Crippen LogP contribution in [-0.4, -0.2) is 6.04 Å². The number of hydrogen-bond acceptors (Lipinski definition) is 1. The summed E-state index contributed by atoms with van der Waals surface area (Å²) in [6, 6.07) is 0.468. The highest BCUT2D eigenvalue weighted by Gasteiger charge is 2.50. The Labute approximate surface area is 43.2 Å². The van der Waals surface area contributed by atoms with Crippen molar-refractivity contribution in [2.75, 3.05) is 0 Å². The maximum atomic E-state index is 5.59. The van der Waals surface area contributed by atoms with Gasteiger partial charge in [-0.3, -0.25) is 0 Å². The standard InChI is InChI=1S/C6H9N/c1-3-2-4-5(3)6(4)7/h2-3,5-6H,7H2,1H3/t3-,5?,6?/m0/s1. The molecule has 0 aliphatic heterocycles. The molecule has 1 heteroatoms. The van der Waals surface area contributed by atoms with Crippen molar-refractivity contribution < 1.29 is 0 Å². The molecule has 2 rings (SSSR count). The average molecular weight is 95.1 g/mol. The van der Waals surface area contributed by atoms with Gasteiger partial charge in [0, 0.05) is 12.0 Å². The minimum absolute atomic E-state index is 0.468. The fourth-order valence-electron chi connectivity index (χ4n) is 1.47. The van der Waals surface area contributed by atoms with Crippen LogP contribution in [0.4, 0.5) is 0 Å². The second kappa shape index (κ2) is 0.781. The molecule has 0 saturated heterocycles. The van der Waals surface area contributed by atoms with Crippen molar-refractivity contribution in [2.24, 2.45) is 17.6 Å². The Morgan fingerprint density at radius 2 is 2.43 bits per heavy atom. The lowest BCUT2D eigenvalue weighted by Crippen LogP contribution is -2.05. The first kappa shape index (κ1) is 3.67. The molecule has 3 atom stereocenters. The van der Waals surface area contributed by atoms with Gasteiger partial charge in [-0.25, -0.2) is 0 Å². The molecule has 7 heavy (non-hydrogen) atoms. The van der Waals surface area contributed by atoms with Crippen LogP contribution in [0.3, 0.4) is 0 Å². The largest absolute Gasteiger partial charge is 0.324 e. The van der Waals surface area contributed by atoms with Crippen LogP contribution in [0, 0.1) is 11.8 Å². The highest BCUT2D eigenvalue weighted by Crippen LogP contribution is 2.52. The molecule has 0 bridgehead atoms. The zero-order valence-corrected chi connectivity index (χ0v) is 4.39. The summed E-state index contributed by atoms with van der Waals surface area (Å²) in [7, 11) is 0. The van der Waals surface area contributed by atoms with E-state index in [4.69, 9.17) is 5.73 Å². The molecule has 1 fully saturated rings. The maximum Gasteiger partial charge on any atom is 0.0330 e. The van der Waals surface area contributed by atoms with E-state index in [1.807, 2.05) is 0 Å². The van der Waals surface area contributed by atoms with E-state index < -0.39 is 0 Å². The Balaban J connectivity index is 2.25. The van der Waals surface area contributed by atoms with Gasteiger partial charge in [0.05, 0.1) is 0 Å². The van der Waals surface area contributed by atoms with Gasteiger partial charge < -0.3 is 5.73 Å². The van der Waals surface area contributed by atoms with Gasteiger partial charge >= 0.3 is 0 Å². The number of rotatable bonds is 0. The first-order valence-electron chi connectivity index (χ1n) is 2.78. The summed E-state index contributed by atoms with van der Waals surface area (Å²) in [6.07, 6.45) is 2.27. The van der Waals surface area contributed by atoms with Crippen molar-refractivity contribution >= 4 is 0 Å². The molecule has 0 radical (unpaired) electrons. The van der Waals surface area contributed by atoms with Crippen molar-refractivity contribution in [3.63, 3.8) is 0 Å². The van der Waals surface area contributed by atoms with Crippen molar-refractivity contribution in [1.82, 2.24) is 0 Å². The van der Waals surface area contributed by atoms with E-state index in [1.54, 1.807) is 0 Å². The zero-order chi connectivity index (χ0) is 5.02. The van der Waals surface area contributed by atoms with Gasteiger partial charge in [0.15, 0.2) is 0 Å². The molecule has 2 aliphatic rings. The Bertz CT molecular complexity index is 133. The van der Waals surface area contributed by atoms with Gasteiger partial charge in [0.25, 0.3) is 0 Å². The number of nitrogens with two attached hydrogens (primary N) is 1. The van der Waals surface area contributed by atoms with Gasteiger partial charge in [0.2, 0.25) is 0 Å². The molecule has 0 heterocycles. The second-order valence-corrected chi connectivity index (χ2v) is 2.58. The minimum atomic E-state index is 0.468. The van der Waals surface area contributed by atoms with E-state index in [-0.39, 0.29) is 0 Å². The minimum Gasteiger partial charge on any atom is -0.324 e. The van der Waals surface area contributed by atoms with E-state index in [1.165, 1.54) is 5.57 Å². The second-order valence-electron chi connectivity index (χ2n) is 2.58. The summed E-state index contributed by atoms with van der Waals surface area (Å²) in [5.41, 5.74) is 7.10. The molecule has 0 aromatic carbocycles. The van der Waals surface area contributed by atoms with E-state index in [0.717, 1.165) is 11.8 Å². The summed E-state index contributed by atoms with van der Waals surface area (Å²) in [5.74, 6) is 1.60. The molecule has 1 saturated carbocycles. The van der Waals surface area contributed by atoms with E-state index >= 15 is 0 Å². The van der Waals surface area contributed by atoms with Crippen LogP contribution in [-0.2, 0) is 0 Å². The third kappa shape index (κ3) is 0.249. The Hall–Kier alpha value is -0.300. The molecule has 2 unspecified atom stereocenters. The molecule has 0 amide bonds. The molecule has 0 aromatic rings. The summed E-state index contributed by atoms with van der Waals surface area (Å²) < 4.78 is 0. The van der Waals surface area contributed by atoms with Gasteiger partial charge in [-0.15, -0.1) is 0 Å². The van der Waals surface area contributed by atoms with E-state index in [0.29, 0.717) is 6.04 Å². The molecule has 1 nitrogen and oxygen atoms in total. The van der Waals surface area contributed by atoms with Gasteiger partial charge in [-0.1, -0.05) is 18.6 Å². The van der Waals surface area contributed by atoms with Crippen molar-refractivity contribution in [3.05, 3.63) is 11.6 Å². The van der Waals surface area contributed by atoms with Crippen LogP contribution >= 0.6 is 0 Å². The van der Waals surface area contributed by atoms with Crippen molar-refractivity contribution in [3.8, 4) is 0 Å². The number of fused-ring (bicyclic) bond motifs is 1. The molecule has 2 aliphatic carbocycles. The molecular weight excluding hydrogens is 86.1 g/mol. The normalized spacial score (nSPS) is 54.6. The Morgan fingerprint density at radius 3 is 2.43 bits per heavy atom. The first-order valence-corrected chi connectivity index (χ1v) is 2.78. The molecule has 0 aromatic heterocycles. The van der Waals surface area contributed by atoms with Crippen LogP contribution in [0.15, 0.2) is 11.6 Å². The highest BCUT2D eigenvalue weighted by atomic mass is 14.8. The number of hydrogen-bond donors (Lipinski definition) is 1. The summed E-state index contributed by atoms with van der Waals surface area (Å²) in [6.45, 7) is 2.22. The number of allylic oxidation sites excluding steroid dienone is 1. The summed E-state index contributed by atoms with van der Waals surface area (Å²) in [4.78, 5) is 0. The predicted octanol–water partition coefficient (Wildman–Crippen LogP) is 0.520. The van der Waals surface area contributed by atoms with Gasteiger partial charge in [-0.05, 0) is 5.92 Å². The molecule has 0 spiro atoms. The van der Waals surface area contributed by atoms with Crippen LogP contribution in [0.25, 0.3) is 0 Å². The van der Waals surface area contributed by atoms with E-state index in [2.05, 4.69) is 13.0 Å². The van der Waals surface area contributed by atoms with Crippen LogP contribution in [0.1, 0.15) is 6.92 Å². The van der Waals surface area contributed by atoms with Crippen LogP contribution in [0.2, 0.25) is 0 Å².